The molecule has 1 aromatic rings. The summed E-state index contributed by atoms with van der Waals surface area (Å²) in [5, 5.41) is 0. The molecule has 4 heteroatoms. The van der Waals surface area contributed by atoms with Crippen LogP contribution in [0.4, 0.5) is 0 Å². The molecule has 29 heavy (non-hydrogen) atoms. The number of likely N-dealkylation sites (tertiary alicyclic amines) is 1. The first-order valence-corrected chi connectivity index (χ1v) is 11.3. The van der Waals surface area contributed by atoms with E-state index in [0.717, 1.165) is 50.6 Å². The van der Waals surface area contributed by atoms with Gasteiger partial charge in [-0.25, -0.2) is 0 Å². The standard InChI is InChI=1S/C25H36N2O.ClH/c1-17-4-5-21(8-18(17)2)24-10-19-9-20(11-24)13-25(12-19,14-24)22(28)27-7-6-23(3,15-26)16-27;/h4-5,8,19-20H,6-7,9-16,26H2,1-3H3;1H. The molecule has 6 rings (SSSR count). The maximum Gasteiger partial charge on any atom is 0.228 e. The molecule has 0 spiro atoms. The third-order valence-electron chi connectivity index (χ3n) is 8.97. The summed E-state index contributed by atoms with van der Waals surface area (Å²) in [7, 11) is 0. The van der Waals surface area contributed by atoms with Crippen LogP contribution < -0.4 is 5.73 Å². The first kappa shape index (κ1) is 21.2. The Balaban J connectivity index is 0.00000205. The van der Waals surface area contributed by atoms with Crippen molar-refractivity contribution in [2.24, 2.45) is 28.4 Å². The highest BCUT2D eigenvalue weighted by Gasteiger charge is 2.62. The van der Waals surface area contributed by atoms with Crippen molar-refractivity contribution in [1.29, 1.82) is 0 Å². The molecule has 4 aliphatic carbocycles. The third-order valence-corrected chi connectivity index (χ3v) is 8.97. The van der Waals surface area contributed by atoms with Gasteiger partial charge in [0.15, 0.2) is 0 Å². The minimum absolute atomic E-state index is 0. The van der Waals surface area contributed by atoms with Crippen molar-refractivity contribution in [3.05, 3.63) is 34.9 Å². The molecular weight excluding hydrogens is 380 g/mol. The number of carbonyl (C=O) groups excluding carboxylic acids is 1. The predicted octanol–water partition coefficient (Wildman–Crippen LogP) is 4.76. The van der Waals surface area contributed by atoms with Gasteiger partial charge in [0.05, 0.1) is 5.41 Å². The molecule has 1 saturated heterocycles. The Morgan fingerprint density at radius 2 is 1.83 bits per heavy atom. The topological polar surface area (TPSA) is 46.3 Å². The lowest BCUT2D eigenvalue weighted by Gasteiger charge is -2.62. The third kappa shape index (κ3) is 3.24. The normalized spacial score (nSPS) is 40.2. The number of amides is 1. The van der Waals surface area contributed by atoms with Crippen LogP contribution in [0, 0.1) is 36.5 Å². The van der Waals surface area contributed by atoms with Gasteiger partial charge in [-0.1, -0.05) is 25.1 Å². The molecule has 0 radical (unpaired) electrons. The van der Waals surface area contributed by atoms with Crippen LogP contribution in [0.5, 0.6) is 0 Å². The number of aryl methyl sites for hydroxylation is 2. The second-order valence-electron chi connectivity index (χ2n) is 11.3. The molecule has 5 fully saturated rings. The highest BCUT2D eigenvalue weighted by atomic mass is 35.5. The highest BCUT2D eigenvalue weighted by molar-refractivity contribution is 5.85. The molecular formula is C25H37ClN2O. The Labute approximate surface area is 182 Å². The quantitative estimate of drug-likeness (QED) is 0.771. The number of rotatable bonds is 3. The smallest absolute Gasteiger partial charge is 0.228 e. The second kappa shape index (κ2) is 6.99. The summed E-state index contributed by atoms with van der Waals surface area (Å²) in [6.07, 6.45) is 8.32. The van der Waals surface area contributed by atoms with E-state index in [1.54, 1.807) is 0 Å². The lowest BCUT2D eigenvalue weighted by atomic mass is 9.42. The van der Waals surface area contributed by atoms with Crippen molar-refractivity contribution in [2.45, 2.75) is 71.1 Å². The van der Waals surface area contributed by atoms with E-state index in [-0.39, 0.29) is 28.7 Å². The number of nitrogens with two attached hydrogens (primary N) is 1. The van der Waals surface area contributed by atoms with Crippen LogP contribution in [0.25, 0.3) is 0 Å². The van der Waals surface area contributed by atoms with Gasteiger partial charge in [-0.3, -0.25) is 4.79 Å². The number of hydrogen-bond acceptors (Lipinski definition) is 2. The molecule has 4 saturated carbocycles. The SMILES string of the molecule is Cc1ccc(C23CC4CC(CC(C(=O)N5CCC(C)(CN)C5)(C4)C2)C3)cc1C.Cl. The fourth-order valence-corrected chi connectivity index (χ4v) is 7.62. The minimum atomic E-state index is -0.108. The molecule has 5 aliphatic rings. The van der Waals surface area contributed by atoms with Crippen molar-refractivity contribution >= 4 is 18.3 Å². The number of halogens is 1. The molecule has 2 N–H and O–H groups in total. The van der Waals surface area contributed by atoms with Gasteiger partial charge in [-0.05, 0) is 105 Å². The molecule has 3 unspecified atom stereocenters. The van der Waals surface area contributed by atoms with Gasteiger partial charge in [0.1, 0.15) is 0 Å². The fourth-order valence-electron chi connectivity index (χ4n) is 7.62. The zero-order valence-corrected chi connectivity index (χ0v) is 19.1. The Hall–Kier alpha value is -1.06. The average Bonchev–Trinajstić information content (AvgIpc) is 3.05. The predicted molar refractivity (Wildman–Crippen MR) is 120 cm³/mol. The maximum absolute atomic E-state index is 13.9. The van der Waals surface area contributed by atoms with Gasteiger partial charge in [0, 0.05) is 13.1 Å². The van der Waals surface area contributed by atoms with E-state index in [9.17, 15) is 4.79 Å². The highest BCUT2D eigenvalue weighted by Crippen LogP contribution is 2.66. The van der Waals surface area contributed by atoms with Crippen molar-refractivity contribution in [3.8, 4) is 0 Å². The van der Waals surface area contributed by atoms with Crippen LogP contribution in [0.15, 0.2) is 18.2 Å². The number of carbonyl (C=O) groups is 1. The Morgan fingerprint density at radius 1 is 1.14 bits per heavy atom. The second-order valence-corrected chi connectivity index (χ2v) is 11.3. The fraction of sp³-hybridized carbons (Fsp3) is 0.720. The molecule has 0 aromatic heterocycles. The molecule has 3 atom stereocenters. The summed E-state index contributed by atoms with van der Waals surface area (Å²) in [6.45, 7) is 9.12. The van der Waals surface area contributed by atoms with Crippen LogP contribution in [-0.2, 0) is 10.2 Å². The van der Waals surface area contributed by atoms with E-state index in [4.69, 9.17) is 5.73 Å². The van der Waals surface area contributed by atoms with E-state index in [2.05, 4.69) is 43.9 Å². The van der Waals surface area contributed by atoms with Gasteiger partial charge >= 0.3 is 0 Å². The van der Waals surface area contributed by atoms with Crippen LogP contribution in [0.3, 0.4) is 0 Å². The number of benzene rings is 1. The van der Waals surface area contributed by atoms with Crippen LogP contribution >= 0.6 is 12.4 Å². The molecule has 160 valence electrons. The number of nitrogens with zero attached hydrogens (tertiary/aromatic N) is 1. The van der Waals surface area contributed by atoms with Gasteiger partial charge < -0.3 is 10.6 Å². The van der Waals surface area contributed by atoms with Crippen LogP contribution in [0.1, 0.15) is 68.6 Å². The van der Waals surface area contributed by atoms with Gasteiger partial charge in [0.2, 0.25) is 5.91 Å². The van der Waals surface area contributed by atoms with Gasteiger partial charge in [-0.2, -0.15) is 0 Å². The molecule has 1 amide bonds. The Morgan fingerprint density at radius 3 is 2.41 bits per heavy atom. The number of hydrogen-bond donors (Lipinski definition) is 1. The monoisotopic (exact) mass is 416 g/mol. The molecule has 1 aliphatic heterocycles. The molecule has 1 heterocycles. The van der Waals surface area contributed by atoms with Crippen LogP contribution in [0.2, 0.25) is 0 Å². The maximum atomic E-state index is 13.9. The van der Waals surface area contributed by atoms with Crippen molar-refractivity contribution in [2.75, 3.05) is 19.6 Å². The molecule has 3 nitrogen and oxygen atoms in total. The Kier molecular flexibility index (Phi) is 5.10. The summed E-state index contributed by atoms with van der Waals surface area (Å²) in [6, 6.07) is 7.10. The van der Waals surface area contributed by atoms with Gasteiger partial charge in [-0.15, -0.1) is 12.4 Å². The van der Waals surface area contributed by atoms with Crippen molar-refractivity contribution in [3.63, 3.8) is 0 Å². The zero-order chi connectivity index (χ0) is 19.7. The van der Waals surface area contributed by atoms with E-state index in [0.29, 0.717) is 12.5 Å². The summed E-state index contributed by atoms with van der Waals surface area (Å²) in [5.74, 6) is 1.93. The van der Waals surface area contributed by atoms with Crippen molar-refractivity contribution < 1.29 is 4.79 Å². The van der Waals surface area contributed by atoms with E-state index >= 15 is 0 Å². The lowest BCUT2D eigenvalue weighted by Crippen LogP contribution is -2.59. The van der Waals surface area contributed by atoms with E-state index in [1.165, 1.54) is 36.0 Å². The Bertz CT molecular complexity index is 807. The minimum Gasteiger partial charge on any atom is -0.342 e. The lowest BCUT2D eigenvalue weighted by molar-refractivity contribution is -0.159. The van der Waals surface area contributed by atoms with Crippen LogP contribution in [-0.4, -0.2) is 30.4 Å². The summed E-state index contributed by atoms with van der Waals surface area (Å²) in [5.41, 5.74) is 10.5. The average molecular weight is 417 g/mol. The summed E-state index contributed by atoms with van der Waals surface area (Å²) in [4.78, 5) is 16.1. The largest absolute Gasteiger partial charge is 0.342 e. The summed E-state index contributed by atoms with van der Waals surface area (Å²) >= 11 is 0. The first-order chi connectivity index (χ1) is 13.3. The van der Waals surface area contributed by atoms with Crippen molar-refractivity contribution in [1.82, 2.24) is 4.90 Å². The molecule has 4 bridgehead atoms. The first-order valence-electron chi connectivity index (χ1n) is 11.3. The van der Waals surface area contributed by atoms with Gasteiger partial charge in [0.25, 0.3) is 0 Å². The zero-order valence-electron chi connectivity index (χ0n) is 18.3. The summed E-state index contributed by atoms with van der Waals surface area (Å²) < 4.78 is 0. The molecule has 1 aromatic carbocycles. The van der Waals surface area contributed by atoms with E-state index < -0.39 is 0 Å². The van der Waals surface area contributed by atoms with E-state index in [1.807, 2.05) is 0 Å².